The molecule has 0 spiro atoms. The van der Waals surface area contributed by atoms with Crippen LogP contribution in [0.2, 0.25) is 0 Å². The number of carbonyl (C=O) groups excluding carboxylic acids is 1. The van der Waals surface area contributed by atoms with Gasteiger partial charge in [-0.05, 0) is 43.5 Å². The van der Waals surface area contributed by atoms with Gasteiger partial charge in [-0.15, -0.1) is 0 Å². The predicted molar refractivity (Wildman–Crippen MR) is 94.2 cm³/mol. The summed E-state index contributed by atoms with van der Waals surface area (Å²) in [7, 11) is 0. The van der Waals surface area contributed by atoms with E-state index in [1.54, 1.807) is 13.0 Å². The molecule has 0 fully saturated rings. The van der Waals surface area contributed by atoms with Gasteiger partial charge in [0.25, 0.3) is 5.92 Å². The summed E-state index contributed by atoms with van der Waals surface area (Å²) < 4.78 is 44.1. The fraction of sp³-hybridized carbons (Fsp3) is 0.474. The lowest BCUT2D eigenvalue weighted by atomic mass is 10.00. The van der Waals surface area contributed by atoms with E-state index in [2.05, 4.69) is 10.4 Å². The second-order valence-electron chi connectivity index (χ2n) is 7.22. The van der Waals surface area contributed by atoms with Gasteiger partial charge in [0.2, 0.25) is 0 Å². The SMILES string of the molecule is Cc1cc(NC(=O)N2CCc3nn4c(c3C2)C(F)(F)CCCC4)ccc1F. The number of nitrogens with one attached hydrogen (secondary N) is 1. The van der Waals surface area contributed by atoms with Crippen molar-refractivity contribution in [2.45, 2.75) is 51.6 Å². The maximum atomic E-state index is 14.6. The van der Waals surface area contributed by atoms with Crippen LogP contribution in [-0.2, 0) is 25.4 Å². The van der Waals surface area contributed by atoms with Crippen molar-refractivity contribution >= 4 is 11.7 Å². The van der Waals surface area contributed by atoms with Gasteiger partial charge >= 0.3 is 6.03 Å². The van der Waals surface area contributed by atoms with Gasteiger partial charge in [-0.25, -0.2) is 9.18 Å². The number of urea groups is 1. The number of rotatable bonds is 1. The van der Waals surface area contributed by atoms with E-state index in [9.17, 15) is 18.0 Å². The summed E-state index contributed by atoms with van der Waals surface area (Å²) in [5.74, 6) is -3.27. The minimum atomic E-state index is -2.93. The molecule has 5 nitrogen and oxygen atoms in total. The molecule has 0 saturated carbocycles. The number of aryl methyl sites for hydroxylation is 2. The summed E-state index contributed by atoms with van der Waals surface area (Å²) in [5, 5.41) is 7.10. The zero-order valence-corrected chi connectivity index (χ0v) is 15.1. The van der Waals surface area contributed by atoms with Crippen LogP contribution < -0.4 is 5.32 Å². The van der Waals surface area contributed by atoms with Gasteiger partial charge in [-0.2, -0.15) is 13.9 Å². The lowest BCUT2D eigenvalue weighted by Gasteiger charge is -2.28. The summed E-state index contributed by atoms with van der Waals surface area (Å²) in [6, 6.07) is 3.93. The molecule has 1 aromatic carbocycles. The Balaban J connectivity index is 1.56. The van der Waals surface area contributed by atoms with Crippen molar-refractivity contribution in [3.63, 3.8) is 0 Å². The maximum absolute atomic E-state index is 14.6. The van der Waals surface area contributed by atoms with Crippen molar-refractivity contribution in [2.24, 2.45) is 0 Å². The van der Waals surface area contributed by atoms with Crippen LogP contribution in [0.1, 0.15) is 41.8 Å². The van der Waals surface area contributed by atoms with E-state index >= 15 is 0 Å². The number of amides is 2. The Morgan fingerprint density at radius 3 is 2.85 bits per heavy atom. The molecule has 0 radical (unpaired) electrons. The molecule has 1 aromatic heterocycles. The number of benzene rings is 1. The number of fused-ring (bicyclic) bond motifs is 3. The minimum Gasteiger partial charge on any atom is -0.320 e. The van der Waals surface area contributed by atoms with Crippen LogP contribution in [0.15, 0.2) is 18.2 Å². The van der Waals surface area contributed by atoms with Crippen molar-refractivity contribution in [2.75, 3.05) is 11.9 Å². The van der Waals surface area contributed by atoms with Crippen molar-refractivity contribution < 1.29 is 18.0 Å². The summed E-state index contributed by atoms with van der Waals surface area (Å²) >= 11 is 0. The van der Waals surface area contributed by atoms with Crippen LogP contribution in [0.4, 0.5) is 23.7 Å². The largest absolute Gasteiger partial charge is 0.322 e. The lowest BCUT2D eigenvalue weighted by molar-refractivity contribution is -0.0203. The molecule has 0 saturated heterocycles. The smallest absolute Gasteiger partial charge is 0.320 e. The molecule has 4 rings (SSSR count). The van der Waals surface area contributed by atoms with Crippen molar-refractivity contribution in [1.29, 1.82) is 0 Å². The fourth-order valence-electron chi connectivity index (χ4n) is 3.82. The van der Waals surface area contributed by atoms with Gasteiger partial charge in [-0.1, -0.05) is 0 Å². The Labute approximate surface area is 155 Å². The second-order valence-corrected chi connectivity index (χ2v) is 7.22. The highest BCUT2D eigenvalue weighted by molar-refractivity contribution is 5.89. The van der Waals surface area contributed by atoms with E-state index < -0.39 is 5.92 Å². The van der Waals surface area contributed by atoms with Crippen LogP contribution in [0, 0.1) is 12.7 Å². The molecule has 8 heteroatoms. The molecule has 27 heavy (non-hydrogen) atoms. The van der Waals surface area contributed by atoms with Crippen molar-refractivity contribution in [1.82, 2.24) is 14.7 Å². The molecular formula is C19H21F3N4O. The van der Waals surface area contributed by atoms with E-state index in [1.807, 2.05) is 0 Å². The van der Waals surface area contributed by atoms with Crippen LogP contribution in [0.3, 0.4) is 0 Å². The molecule has 0 aliphatic carbocycles. The Kier molecular flexibility index (Phi) is 4.36. The van der Waals surface area contributed by atoms with Gasteiger partial charge in [0.05, 0.1) is 12.2 Å². The first-order valence-corrected chi connectivity index (χ1v) is 9.14. The van der Waals surface area contributed by atoms with E-state index in [4.69, 9.17) is 0 Å². The van der Waals surface area contributed by atoms with Gasteiger partial charge < -0.3 is 10.2 Å². The molecule has 2 aromatic rings. The number of halogens is 3. The lowest BCUT2D eigenvalue weighted by Crippen LogP contribution is -2.39. The number of nitrogens with zero attached hydrogens (tertiary/aromatic N) is 3. The molecule has 0 unspecified atom stereocenters. The molecule has 2 aliphatic heterocycles. The van der Waals surface area contributed by atoms with Crippen LogP contribution >= 0.6 is 0 Å². The Hall–Kier alpha value is -2.51. The van der Waals surface area contributed by atoms with E-state index in [-0.39, 0.29) is 30.5 Å². The van der Waals surface area contributed by atoms with E-state index in [1.165, 1.54) is 21.7 Å². The minimum absolute atomic E-state index is 0.0369. The van der Waals surface area contributed by atoms with E-state index in [0.29, 0.717) is 54.9 Å². The molecule has 0 atom stereocenters. The van der Waals surface area contributed by atoms with Gasteiger partial charge in [0.1, 0.15) is 11.5 Å². The summed E-state index contributed by atoms with van der Waals surface area (Å²) in [6.45, 7) is 2.61. The monoisotopic (exact) mass is 378 g/mol. The summed E-state index contributed by atoms with van der Waals surface area (Å²) in [5.41, 5.74) is 2.00. The molecule has 2 aliphatic rings. The Bertz CT molecular complexity index is 893. The molecule has 3 heterocycles. The fourth-order valence-corrected chi connectivity index (χ4v) is 3.82. The third-order valence-corrected chi connectivity index (χ3v) is 5.25. The first-order chi connectivity index (χ1) is 12.8. The van der Waals surface area contributed by atoms with Crippen molar-refractivity contribution in [3.05, 3.63) is 46.5 Å². The summed E-state index contributed by atoms with van der Waals surface area (Å²) in [4.78, 5) is 14.1. The third-order valence-electron chi connectivity index (χ3n) is 5.25. The number of hydrogen-bond acceptors (Lipinski definition) is 2. The highest BCUT2D eigenvalue weighted by atomic mass is 19.3. The highest BCUT2D eigenvalue weighted by Crippen LogP contribution is 2.40. The standard InChI is InChI=1S/C19H21F3N4O/c1-12-10-13(4-5-15(12)20)23-18(27)25-9-6-16-14(11-25)17-19(21,22)7-2-3-8-26(17)24-16/h4-5,10H,2-3,6-9,11H2,1H3,(H,23,27). The molecule has 144 valence electrons. The van der Waals surface area contributed by atoms with Gasteiger partial charge in [0.15, 0.2) is 0 Å². The number of alkyl halides is 2. The van der Waals surface area contributed by atoms with E-state index in [0.717, 1.165) is 0 Å². The van der Waals surface area contributed by atoms with Gasteiger partial charge in [0, 0.05) is 37.2 Å². The average Bonchev–Trinajstić information content (AvgIpc) is 2.93. The van der Waals surface area contributed by atoms with Crippen molar-refractivity contribution in [3.8, 4) is 0 Å². The summed E-state index contributed by atoms with van der Waals surface area (Å²) in [6.07, 6.45) is 1.39. The maximum Gasteiger partial charge on any atom is 0.322 e. The molecule has 1 N–H and O–H groups in total. The van der Waals surface area contributed by atoms with Crippen LogP contribution in [0.5, 0.6) is 0 Å². The quantitative estimate of drug-likeness (QED) is 0.809. The number of hydrogen-bond donors (Lipinski definition) is 1. The van der Waals surface area contributed by atoms with Gasteiger partial charge in [-0.3, -0.25) is 4.68 Å². The number of carbonyl (C=O) groups is 1. The average molecular weight is 378 g/mol. The molecule has 2 amide bonds. The highest BCUT2D eigenvalue weighted by Gasteiger charge is 2.42. The van der Waals surface area contributed by atoms with Crippen LogP contribution in [0.25, 0.3) is 0 Å². The number of aromatic nitrogens is 2. The second kappa shape index (κ2) is 6.58. The van der Waals surface area contributed by atoms with Crippen LogP contribution in [-0.4, -0.2) is 27.3 Å². The third kappa shape index (κ3) is 3.28. The zero-order chi connectivity index (χ0) is 19.2. The Morgan fingerprint density at radius 2 is 2.07 bits per heavy atom. The predicted octanol–water partition coefficient (Wildman–Crippen LogP) is 4.20. The normalized spacial score (nSPS) is 18.4. The first kappa shape index (κ1) is 17.9. The molecular weight excluding hydrogens is 357 g/mol. The zero-order valence-electron chi connectivity index (χ0n) is 15.1. The number of anilines is 1. The first-order valence-electron chi connectivity index (χ1n) is 9.14. The molecule has 0 bridgehead atoms. The topological polar surface area (TPSA) is 50.2 Å². The Morgan fingerprint density at radius 1 is 1.26 bits per heavy atom.